The van der Waals surface area contributed by atoms with Crippen molar-refractivity contribution in [2.45, 2.75) is 44.9 Å². The first kappa shape index (κ1) is 11.1. The summed E-state index contributed by atoms with van der Waals surface area (Å²) in [5.74, 6) is 1.26. The average molecular weight is 225 g/mol. The van der Waals surface area contributed by atoms with Crippen LogP contribution in [0.15, 0.2) is 5.38 Å². The van der Waals surface area contributed by atoms with Crippen molar-refractivity contribution >= 4 is 11.3 Å². The molecule has 0 spiro atoms. The fraction of sp³-hybridized carbons (Fsp3) is 0.750. The van der Waals surface area contributed by atoms with E-state index in [9.17, 15) is 0 Å². The predicted molar refractivity (Wildman–Crippen MR) is 63.6 cm³/mol. The van der Waals surface area contributed by atoms with Gasteiger partial charge in [0.25, 0.3) is 0 Å². The Morgan fingerprint density at radius 2 is 2.27 bits per heavy atom. The van der Waals surface area contributed by atoms with Gasteiger partial charge in [-0.15, -0.1) is 11.3 Å². The molecule has 1 saturated heterocycles. The van der Waals surface area contributed by atoms with Gasteiger partial charge in [-0.1, -0.05) is 13.8 Å². The van der Waals surface area contributed by atoms with Crippen LogP contribution in [0.25, 0.3) is 0 Å². The van der Waals surface area contributed by atoms with Crippen LogP contribution in [0, 0.1) is 0 Å². The second-order valence-corrected chi connectivity index (χ2v) is 5.20. The van der Waals surface area contributed by atoms with Gasteiger partial charge in [-0.05, 0) is 25.2 Å². The first-order chi connectivity index (χ1) is 7.31. The van der Waals surface area contributed by atoms with E-state index in [4.69, 9.17) is 9.72 Å². The summed E-state index contributed by atoms with van der Waals surface area (Å²) in [6, 6.07) is 0. The largest absolute Gasteiger partial charge is 0.381 e. The van der Waals surface area contributed by atoms with E-state index in [0.29, 0.717) is 11.8 Å². The van der Waals surface area contributed by atoms with Gasteiger partial charge in [0.15, 0.2) is 0 Å². The summed E-state index contributed by atoms with van der Waals surface area (Å²) in [7, 11) is 0. The highest BCUT2D eigenvalue weighted by Gasteiger charge is 2.19. The number of hydrogen-bond donors (Lipinski definition) is 0. The van der Waals surface area contributed by atoms with Gasteiger partial charge in [0.2, 0.25) is 0 Å². The van der Waals surface area contributed by atoms with Gasteiger partial charge in [0.05, 0.1) is 10.7 Å². The van der Waals surface area contributed by atoms with Gasteiger partial charge < -0.3 is 4.74 Å². The Hall–Kier alpha value is -0.410. The lowest BCUT2D eigenvalue weighted by Gasteiger charge is -2.19. The minimum absolute atomic E-state index is 0.606. The molecule has 0 radical (unpaired) electrons. The zero-order chi connectivity index (χ0) is 10.7. The van der Waals surface area contributed by atoms with Crippen LogP contribution in [0.5, 0.6) is 0 Å². The Labute approximate surface area is 95.7 Å². The van der Waals surface area contributed by atoms with E-state index in [2.05, 4.69) is 19.2 Å². The summed E-state index contributed by atoms with van der Waals surface area (Å²) < 4.78 is 5.37. The number of aromatic nitrogens is 1. The molecule has 1 aromatic heterocycles. The number of ether oxygens (including phenoxy) is 1. The van der Waals surface area contributed by atoms with Gasteiger partial charge in [0, 0.05) is 24.5 Å². The summed E-state index contributed by atoms with van der Waals surface area (Å²) in [5, 5.41) is 3.56. The van der Waals surface area contributed by atoms with Crippen molar-refractivity contribution < 1.29 is 4.74 Å². The van der Waals surface area contributed by atoms with Crippen LogP contribution in [-0.4, -0.2) is 18.2 Å². The lowest BCUT2D eigenvalue weighted by atomic mass is 10.0. The Balaban J connectivity index is 2.05. The Kier molecular flexibility index (Phi) is 3.76. The molecule has 1 aliphatic rings. The topological polar surface area (TPSA) is 22.1 Å². The predicted octanol–water partition coefficient (Wildman–Crippen LogP) is 3.55. The van der Waals surface area contributed by atoms with Crippen molar-refractivity contribution in [3.8, 4) is 0 Å². The van der Waals surface area contributed by atoms with Crippen molar-refractivity contribution in [1.82, 2.24) is 4.98 Å². The van der Waals surface area contributed by atoms with Crippen molar-refractivity contribution in [3.05, 3.63) is 16.1 Å². The zero-order valence-corrected chi connectivity index (χ0v) is 10.3. The quantitative estimate of drug-likeness (QED) is 0.785. The second kappa shape index (κ2) is 5.08. The minimum Gasteiger partial charge on any atom is -0.381 e. The van der Waals surface area contributed by atoms with E-state index in [1.54, 1.807) is 0 Å². The van der Waals surface area contributed by atoms with E-state index in [1.807, 2.05) is 11.3 Å². The average Bonchev–Trinajstić information content (AvgIpc) is 2.78. The Morgan fingerprint density at radius 3 is 2.93 bits per heavy atom. The molecule has 0 aromatic carbocycles. The lowest BCUT2D eigenvalue weighted by Crippen LogP contribution is -2.14. The molecular formula is C12H19NOS. The molecule has 2 nitrogen and oxygen atoms in total. The maximum atomic E-state index is 5.37. The summed E-state index contributed by atoms with van der Waals surface area (Å²) >= 11 is 1.83. The van der Waals surface area contributed by atoms with E-state index in [1.165, 1.54) is 17.1 Å². The molecule has 1 atom stereocenters. The molecule has 0 aliphatic carbocycles. The van der Waals surface area contributed by atoms with Crippen LogP contribution in [0.1, 0.15) is 55.6 Å². The fourth-order valence-electron chi connectivity index (χ4n) is 1.87. The highest BCUT2D eigenvalue weighted by Crippen LogP contribution is 2.31. The molecule has 0 bridgehead atoms. The molecule has 1 aliphatic heterocycles. The first-order valence-corrected chi connectivity index (χ1v) is 6.72. The molecule has 0 saturated carbocycles. The van der Waals surface area contributed by atoms with E-state index in [-0.39, 0.29) is 0 Å². The number of hydrogen-bond acceptors (Lipinski definition) is 3. The maximum Gasteiger partial charge on any atom is 0.0961 e. The van der Waals surface area contributed by atoms with Gasteiger partial charge in [-0.2, -0.15) is 0 Å². The third-order valence-corrected chi connectivity index (χ3v) is 4.25. The second-order valence-electron chi connectivity index (χ2n) is 4.31. The lowest BCUT2D eigenvalue weighted by molar-refractivity contribution is 0.0852. The van der Waals surface area contributed by atoms with Crippen LogP contribution in [-0.2, 0) is 4.74 Å². The minimum atomic E-state index is 0.606. The molecule has 0 N–H and O–H groups in total. The summed E-state index contributed by atoms with van der Waals surface area (Å²) in [6.07, 6.45) is 3.47. The normalized spacial score (nSPS) is 20.4. The molecule has 3 heteroatoms. The standard InChI is InChI=1S/C12H19NOS/c1-3-9(2)11-8-15-12(13-11)10-4-6-14-7-5-10/h8-10H,3-7H2,1-2H3. The summed E-state index contributed by atoms with van der Waals surface area (Å²) in [4.78, 5) is 4.77. The molecule has 0 amide bonds. The van der Waals surface area contributed by atoms with Gasteiger partial charge in [-0.25, -0.2) is 4.98 Å². The van der Waals surface area contributed by atoms with Crippen molar-refractivity contribution in [2.75, 3.05) is 13.2 Å². The van der Waals surface area contributed by atoms with Crippen LogP contribution >= 0.6 is 11.3 Å². The van der Waals surface area contributed by atoms with Crippen LogP contribution in [0.2, 0.25) is 0 Å². The molecule has 2 rings (SSSR count). The van der Waals surface area contributed by atoms with Gasteiger partial charge in [0.1, 0.15) is 0 Å². The number of rotatable bonds is 3. The highest BCUT2D eigenvalue weighted by molar-refractivity contribution is 7.09. The highest BCUT2D eigenvalue weighted by atomic mass is 32.1. The summed E-state index contributed by atoms with van der Waals surface area (Å²) in [6.45, 7) is 6.28. The molecule has 1 aromatic rings. The molecule has 84 valence electrons. The number of thiazole rings is 1. The van der Waals surface area contributed by atoms with Crippen LogP contribution in [0.4, 0.5) is 0 Å². The van der Waals surface area contributed by atoms with Crippen molar-refractivity contribution in [1.29, 1.82) is 0 Å². The smallest absolute Gasteiger partial charge is 0.0961 e. The first-order valence-electron chi connectivity index (χ1n) is 5.84. The SMILES string of the molecule is CCC(C)c1csc(C2CCOCC2)n1. The van der Waals surface area contributed by atoms with Crippen LogP contribution < -0.4 is 0 Å². The fourth-order valence-corrected chi connectivity index (χ4v) is 2.98. The molecular weight excluding hydrogens is 206 g/mol. The van der Waals surface area contributed by atoms with Crippen molar-refractivity contribution in [3.63, 3.8) is 0 Å². The van der Waals surface area contributed by atoms with E-state index >= 15 is 0 Å². The zero-order valence-electron chi connectivity index (χ0n) is 9.53. The molecule has 1 unspecified atom stereocenters. The maximum absolute atomic E-state index is 5.37. The third kappa shape index (κ3) is 2.58. The van der Waals surface area contributed by atoms with E-state index in [0.717, 1.165) is 26.1 Å². The van der Waals surface area contributed by atoms with Crippen molar-refractivity contribution in [2.24, 2.45) is 0 Å². The van der Waals surface area contributed by atoms with E-state index < -0.39 is 0 Å². The summed E-state index contributed by atoms with van der Waals surface area (Å²) in [5.41, 5.74) is 1.28. The molecule has 2 heterocycles. The Bertz CT molecular complexity index is 304. The van der Waals surface area contributed by atoms with Gasteiger partial charge in [-0.3, -0.25) is 0 Å². The van der Waals surface area contributed by atoms with Gasteiger partial charge >= 0.3 is 0 Å². The Morgan fingerprint density at radius 1 is 1.53 bits per heavy atom. The number of nitrogens with zero attached hydrogens (tertiary/aromatic N) is 1. The monoisotopic (exact) mass is 225 g/mol. The molecule has 1 fully saturated rings. The van der Waals surface area contributed by atoms with Crippen LogP contribution in [0.3, 0.4) is 0 Å². The molecule has 15 heavy (non-hydrogen) atoms. The third-order valence-electron chi connectivity index (χ3n) is 3.23.